The van der Waals surface area contributed by atoms with E-state index in [2.05, 4.69) is 31.0 Å². The van der Waals surface area contributed by atoms with E-state index in [9.17, 15) is 4.79 Å². The van der Waals surface area contributed by atoms with Gasteiger partial charge in [0.1, 0.15) is 0 Å². The van der Waals surface area contributed by atoms with E-state index >= 15 is 0 Å². The van der Waals surface area contributed by atoms with Gasteiger partial charge in [-0.25, -0.2) is 0 Å². The van der Waals surface area contributed by atoms with Crippen molar-refractivity contribution in [1.82, 2.24) is 15.1 Å². The lowest BCUT2D eigenvalue weighted by Crippen LogP contribution is -2.44. The van der Waals surface area contributed by atoms with Gasteiger partial charge in [-0.15, -0.1) is 10.2 Å². The molecule has 0 bridgehead atoms. The Hall–Kier alpha value is -1.82. The molecule has 5 nitrogen and oxygen atoms in total. The first kappa shape index (κ1) is 18.0. The molecule has 1 amide bonds. The quantitative estimate of drug-likeness (QED) is 0.748. The number of benzene rings is 1. The van der Waals surface area contributed by atoms with E-state index in [0.717, 1.165) is 31.4 Å². The van der Waals surface area contributed by atoms with Crippen LogP contribution in [0.4, 0.5) is 0 Å². The highest BCUT2D eigenvalue weighted by atomic mass is 32.2. The summed E-state index contributed by atoms with van der Waals surface area (Å²) in [5.41, 5.74) is 3.34. The Morgan fingerprint density at radius 2 is 2.12 bits per heavy atom. The monoisotopic (exact) mass is 359 g/mol. The summed E-state index contributed by atoms with van der Waals surface area (Å²) >= 11 is 1.33. The number of amides is 1. The van der Waals surface area contributed by atoms with E-state index in [0.29, 0.717) is 22.9 Å². The zero-order chi connectivity index (χ0) is 17.8. The van der Waals surface area contributed by atoms with Crippen molar-refractivity contribution in [3.63, 3.8) is 0 Å². The molecule has 1 unspecified atom stereocenters. The van der Waals surface area contributed by atoms with Gasteiger partial charge < -0.3 is 9.32 Å². The smallest absolute Gasteiger partial charge is 0.277 e. The Balaban J connectivity index is 1.61. The minimum atomic E-state index is 0.169. The number of thioether (sulfide) groups is 1. The molecular weight excluding hydrogens is 334 g/mol. The number of hydrogen-bond acceptors (Lipinski definition) is 5. The third kappa shape index (κ3) is 4.24. The number of aryl methyl sites for hydroxylation is 2. The van der Waals surface area contributed by atoms with Crippen molar-refractivity contribution < 1.29 is 9.21 Å². The van der Waals surface area contributed by atoms with Gasteiger partial charge in [0, 0.05) is 18.2 Å². The van der Waals surface area contributed by atoms with E-state index in [-0.39, 0.29) is 5.91 Å². The number of aromatic nitrogens is 2. The molecule has 3 rings (SSSR count). The fourth-order valence-electron chi connectivity index (χ4n) is 3.22. The zero-order valence-electron chi connectivity index (χ0n) is 15.1. The average molecular weight is 359 g/mol. The van der Waals surface area contributed by atoms with Crippen LogP contribution in [-0.4, -0.2) is 39.3 Å². The van der Waals surface area contributed by atoms with Gasteiger partial charge in [-0.05, 0) is 62.8 Å². The lowest BCUT2D eigenvalue weighted by atomic mass is 10.0. The first-order chi connectivity index (χ1) is 12.1. The van der Waals surface area contributed by atoms with Crippen molar-refractivity contribution in [2.45, 2.75) is 57.7 Å². The molecule has 1 aliphatic heterocycles. The van der Waals surface area contributed by atoms with Crippen LogP contribution in [0, 0.1) is 13.8 Å². The summed E-state index contributed by atoms with van der Waals surface area (Å²) in [5, 5.41) is 8.64. The number of piperidine rings is 1. The van der Waals surface area contributed by atoms with Gasteiger partial charge in [0.15, 0.2) is 0 Å². The summed E-state index contributed by atoms with van der Waals surface area (Å²) in [7, 11) is 0. The van der Waals surface area contributed by atoms with Crippen LogP contribution < -0.4 is 0 Å². The van der Waals surface area contributed by atoms with Gasteiger partial charge in [-0.1, -0.05) is 24.8 Å². The molecule has 1 aliphatic rings. The van der Waals surface area contributed by atoms with E-state index < -0.39 is 0 Å². The van der Waals surface area contributed by atoms with Gasteiger partial charge in [0.05, 0.1) is 5.75 Å². The zero-order valence-corrected chi connectivity index (χ0v) is 15.9. The number of likely N-dealkylation sites (tertiary alicyclic amines) is 1. The molecule has 1 aromatic heterocycles. The second kappa shape index (κ2) is 8.04. The van der Waals surface area contributed by atoms with Crippen LogP contribution in [0.25, 0.3) is 11.5 Å². The molecule has 1 saturated heterocycles. The summed E-state index contributed by atoms with van der Waals surface area (Å²) in [6.45, 7) is 7.16. The first-order valence-electron chi connectivity index (χ1n) is 8.92. The standard InChI is InChI=1S/C19H25N3O2S/c1-4-16-7-5-6-10-22(16)17(23)12-25-19-21-20-18(24-19)15-9-8-13(2)14(3)11-15/h8-9,11,16H,4-7,10,12H2,1-3H3. The van der Waals surface area contributed by atoms with Crippen molar-refractivity contribution in [2.24, 2.45) is 0 Å². The molecule has 0 N–H and O–H groups in total. The van der Waals surface area contributed by atoms with Crippen molar-refractivity contribution in [3.05, 3.63) is 29.3 Å². The van der Waals surface area contributed by atoms with Crippen LogP contribution in [0.3, 0.4) is 0 Å². The highest BCUT2D eigenvalue weighted by Crippen LogP contribution is 2.26. The van der Waals surface area contributed by atoms with Crippen molar-refractivity contribution in [2.75, 3.05) is 12.3 Å². The van der Waals surface area contributed by atoms with Gasteiger partial charge in [0.2, 0.25) is 11.8 Å². The molecule has 0 saturated carbocycles. The van der Waals surface area contributed by atoms with Crippen molar-refractivity contribution >= 4 is 17.7 Å². The first-order valence-corrected chi connectivity index (χ1v) is 9.90. The van der Waals surface area contributed by atoms with Gasteiger partial charge in [-0.2, -0.15) is 0 Å². The molecule has 0 spiro atoms. The summed E-state index contributed by atoms with van der Waals surface area (Å²) in [4.78, 5) is 14.5. The molecule has 1 atom stereocenters. The Labute approximate surface area is 153 Å². The third-order valence-corrected chi connectivity index (χ3v) is 5.70. The average Bonchev–Trinajstić information content (AvgIpc) is 3.11. The molecule has 25 heavy (non-hydrogen) atoms. The molecule has 1 aromatic carbocycles. The van der Waals surface area contributed by atoms with Crippen molar-refractivity contribution in [3.8, 4) is 11.5 Å². The van der Waals surface area contributed by atoms with Crippen LogP contribution >= 0.6 is 11.8 Å². The molecule has 1 fully saturated rings. The fourth-order valence-corrected chi connectivity index (χ4v) is 3.87. The van der Waals surface area contributed by atoms with E-state index in [1.54, 1.807) is 0 Å². The molecule has 134 valence electrons. The molecule has 2 heterocycles. The maximum atomic E-state index is 12.5. The Morgan fingerprint density at radius 1 is 1.28 bits per heavy atom. The predicted octanol–water partition coefficient (Wildman–Crippen LogP) is 4.24. The van der Waals surface area contributed by atoms with E-state index in [1.807, 2.05) is 23.1 Å². The minimum Gasteiger partial charge on any atom is -0.411 e. The molecule has 6 heteroatoms. The second-order valence-electron chi connectivity index (χ2n) is 6.61. The molecule has 2 aromatic rings. The summed E-state index contributed by atoms with van der Waals surface area (Å²) < 4.78 is 5.73. The lowest BCUT2D eigenvalue weighted by molar-refractivity contribution is -0.132. The highest BCUT2D eigenvalue weighted by Gasteiger charge is 2.25. The molecular formula is C19H25N3O2S. The van der Waals surface area contributed by atoms with Crippen LogP contribution in [0.5, 0.6) is 0 Å². The van der Waals surface area contributed by atoms with Gasteiger partial charge in [-0.3, -0.25) is 4.79 Å². The van der Waals surface area contributed by atoms with Gasteiger partial charge in [0.25, 0.3) is 5.22 Å². The Bertz CT molecular complexity index is 744. The highest BCUT2D eigenvalue weighted by molar-refractivity contribution is 7.99. The number of carbonyl (C=O) groups excluding carboxylic acids is 1. The van der Waals surface area contributed by atoms with Crippen LogP contribution in [-0.2, 0) is 4.79 Å². The largest absolute Gasteiger partial charge is 0.411 e. The maximum absolute atomic E-state index is 12.5. The van der Waals surface area contributed by atoms with Gasteiger partial charge >= 0.3 is 0 Å². The van der Waals surface area contributed by atoms with E-state index in [1.165, 1.54) is 29.3 Å². The topological polar surface area (TPSA) is 59.2 Å². The number of nitrogens with zero attached hydrogens (tertiary/aromatic N) is 3. The SMILES string of the molecule is CCC1CCCCN1C(=O)CSc1nnc(-c2ccc(C)c(C)c2)o1. The van der Waals surface area contributed by atoms with Crippen LogP contribution in [0.15, 0.2) is 27.8 Å². The number of rotatable bonds is 5. The lowest BCUT2D eigenvalue weighted by Gasteiger charge is -2.35. The summed E-state index contributed by atoms with van der Waals surface area (Å²) in [6.07, 6.45) is 4.46. The van der Waals surface area contributed by atoms with E-state index in [4.69, 9.17) is 4.42 Å². The fraction of sp³-hybridized carbons (Fsp3) is 0.526. The Kier molecular flexibility index (Phi) is 5.78. The minimum absolute atomic E-state index is 0.169. The van der Waals surface area contributed by atoms with Crippen LogP contribution in [0.2, 0.25) is 0 Å². The normalized spacial score (nSPS) is 17.7. The summed E-state index contributed by atoms with van der Waals surface area (Å²) in [6, 6.07) is 6.46. The maximum Gasteiger partial charge on any atom is 0.277 e. The third-order valence-electron chi connectivity index (χ3n) is 4.90. The summed E-state index contributed by atoms with van der Waals surface area (Å²) in [5.74, 6) is 1.02. The second-order valence-corrected chi connectivity index (χ2v) is 7.53. The predicted molar refractivity (Wildman–Crippen MR) is 99.6 cm³/mol. The molecule has 0 aliphatic carbocycles. The van der Waals surface area contributed by atoms with Crippen LogP contribution in [0.1, 0.15) is 43.7 Å². The molecule has 0 radical (unpaired) electrons. The number of hydrogen-bond donors (Lipinski definition) is 0. The van der Waals surface area contributed by atoms with Crippen molar-refractivity contribution in [1.29, 1.82) is 0 Å². The number of carbonyl (C=O) groups is 1. The Morgan fingerprint density at radius 3 is 2.88 bits per heavy atom.